The molecule has 7 heteroatoms. The van der Waals surface area contributed by atoms with E-state index in [0.29, 0.717) is 62.4 Å². The first kappa shape index (κ1) is 23.4. The number of para-hydroxylation sites is 1. The van der Waals surface area contributed by atoms with Crippen molar-refractivity contribution in [1.82, 2.24) is 10.2 Å². The maximum absolute atomic E-state index is 13.1. The number of amides is 2. The van der Waals surface area contributed by atoms with Crippen molar-refractivity contribution < 1.29 is 23.8 Å². The first-order valence-electron chi connectivity index (χ1n) is 11.0. The molecule has 0 saturated carbocycles. The molecular formula is C25H32N2O5. The molecule has 2 aromatic rings. The van der Waals surface area contributed by atoms with E-state index in [-0.39, 0.29) is 17.9 Å². The fourth-order valence-electron chi connectivity index (χ4n) is 3.88. The van der Waals surface area contributed by atoms with Gasteiger partial charge in [0.2, 0.25) is 5.91 Å². The number of carbonyl (C=O) groups is 2. The molecule has 1 saturated heterocycles. The van der Waals surface area contributed by atoms with Crippen molar-refractivity contribution in [1.29, 1.82) is 0 Å². The van der Waals surface area contributed by atoms with E-state index in [1.807, 2.05) is 31.2 Å². The normalized spacial score (nSPS) is 14.0. The number of carbonyl (C=O) groups excluding carboxylic acids is 2. The molecule has 2 amide bonds. The van der Waals surface area contributed by atoms with E-state index in [9.17, 15) is 9.59 Å². The molecule has 0 radical (unpaired) electrons. The van der Waals surface area contributed by atoms with Gasteiger partial charge in [-0.1, -0.05) is 24.3 Å². The second-order valence-corrected chi connectivity index (χ2v) is 7.89. The summed E-state index contributed by atoms with van der Waals surface area (Å²) >= 11 is 0. The van der Waals surface area contributed by atoms with Crippen LogP contribution in [0.2, 0.25) is 0 Å². The lowest BCUT2D eigenvalue weighted by Gasteiger charge is -2.33. The summed E-state index contributed by atoms with van der Waals surface area (Å²) in [6.45, 7) is 3.65. The predicted octanol–water partition coefficient (Wildman–Crippen LogP) is 3.59. The van der Waals surface area contributed by atoms with Crippen LogP contribution in [0, 0.1) is 6.92 Å². The van der Waals surface area contributed by atoms with Crippen LogP contribution in [0.25, 0.3) is 0 Å². The van der Waals surface area contributed by atoms with Gasteiger partial charge in [0.1, 0.15) is 22.8 Å². The number of nitrogens with one attached hydrogen (secondary N) is 1. The van der Waals surface area contributed by atoms with E-state index in [1.165, 1.54) is 0 Å². The van der Waals surface area contributed by atoms with Crippen molar-refractivity contribution in [2.24, 2.45) is 0 Å². The van der Waals surface area contributed by atoms with Gasteiger partial charge in [-0.05, 0) is 49.9 Å². The highest BCUT2D eigenvalue weighted by molar-refractivity contribution is 5.99. The van der Waals surface area contributed by atoms with E-state index >= 15 is 0 Å². The van der Waals surface area contributed by atoms with Gasteiger partial charge in [0.05, 0.1) is 20.8 Å². The third-order valence-corrected chi connectivity index (χ3v) is 5.69. The van der Waals surface area contributed by atoms with Crippen LogP contribution in [0.5, 0.6) is 17.2 Å². The van der Waals surface area contributed by atoms with Crippen LogP contribution in [0.15, 0.2) is 42.5 Å². The van der Waals surface area contributed by atoms with E-state index in [4.69, 9.17) is 14.2 Å². The van der Waals surface area contributed by atoms with Crippen LogP contribution in [0.4, 0.5) is 0 Å². The topological polar surface area (TPSA) is 77.1 Å². The highest BCUT2D eigenvalue weighted by Crippen LogP contribution is 2.30. The number of rotatable bonds is 9. The van der Waals surface area contributed by atoms with Crippen LogP contribution in [-0.2, 0) is 4.79 Å². The number of methoxy groups -OCH3 is 2. The zero-order valence-corrected chi connectivity index (χ0v) is 19.1. The van der Waals surface area contributed by atoms with Crippen molar-refractivity contribution in [3.63, 3.8) is 0 Å². The number of nitrogens with zero attached hydrogens (tertiary/aromatic N) is 1. The SMILES string of the molecule is COc1cccc(OC)c1C(=O)N1CCC(NC(=O)CCCOc2ccccc2C)CC1. The van der Waals surface area contributed by atoms with Crippen LogP contribution in [0.1, 0.15) is 41.6 Å². The molecule has 7 nitrogen and oxygen atoms in total. The number of piperidine rings is 1. The Labute approximate surface area is 189 Å². The van der Waals surface area contributed by atoms with E-state index in [2.05, 4.69) is 5.32 Å². The van der Waals surface area contributed by atoms with Gasteiger partial charge in [0, 0.05) is 25.6 Å². The molecule has 1 N–H and O–H groups in total. The molecule has 0 spiro atoms. The third kappa shape index (κ3) is 5.93. The summed E-state index contributed by atoms with van der Waals surface area (Å²) in [4.78, 5) is 27.2. The molecule has 1 aliphatic heterocycles. The van der Waals surface area contributed by atoms with Crippen molar-refractivity contribution in [3.8, 4) is 17.2 Å². The second-order valence-electron chi connectivity index (χ2n) is 7.89. The Bertz CT molecular complexity index is 900. The smallest absolute Gasteiger partial charge is 0.261 e. The van der Waals surface area contributed by atoms with Gasteiger partial charge in [-0.25, -0.2) is 0 Å². The van der Waals surface area contributed by atoms with Gasteiger partial charge < -0.3 is 24.4 Å². The quantitative estimate of drug-likeness (QED) is 0.603. The Hall–Kier alpha value is -3.22. The van der Waals surface area contributed by atoms with Crippen molar-refractivity contribution in [2.75, 3.05) is 33.9 Å². The molecule has 0 atom stereocenters. The van der Waals surface area contributed by atoms with Crippen molar-refractivity contribution >= 4 is 11.8 Å². The molecule has 1 aliphatic rings. The van der Waals surface area contributed by atoms with Gasteiger partial charge >= 0.3 is 0 Å². The summed E-state index contributed by atoms with van der Waals surface area (Å²) in [5, 5.41) is 3.09. The Morgan fingerprint density at radius 2 is 1.59 bits per heavy atom. The van der Waals surface area contributed by atoms with E-state index in [1.54, 1.807) is 37.3 Å². The molecule has 32 heavy (non-hydrogen) atoms. The van der Waals surface area contributed by atoms with E-state index < -0.39 is 0 Å². The van der Waals surface area contributed by atoms with Crippen LogP contribution >= 0.6 is 0 Å². The lowest BCUT2D eigenvalue weighted by atomic mass is 10.0. The molecule has 172 valence electrons. The minimum Gasteiger partial charge on any atom is -0.496 e. The van der Waals surface area contributed by atoms with Gasteiger partial charge in [-0.2, -0.15) is 0 Å². The third-order valence-electron chi connectivity index (χ3n) is 5.69. The fourth-order valence-corrected chi connectivity index (χ4v) is 3.88. The predicted molar refractivity (Wildman–Crippen MR) is 123 cm³/mol. The molecule has 0 bridgehead atoms. The standard InChI is InChI=1S/C25H32N2O5/c1-18-8-4-5-9-20(18)32-17-7-12-23(28)26-19-13-15-27(16-14-19)25(29)24-21(30-2)10-6-11-22(24)31-3/h4-6,8-11,19H,7,12-17H2,1-3H3,(H,26,28). The fraction of sp³-hybridized carbons (Fsp3) is 0.440. The first-order valence-corrected chi connectivity index (χ1v) is 11.0. The summed E-state index contributed by atoms with van der Waals surface area (Å²) in [6, 6.07) is 13.2. The molecule has 0 unspecified atom stereocenters. The Kier molecular flexibility index (Phi) is 8.36. The summed E-state index contributed by atoms with van der Waals surface area (Å²) < 4.78 is 16.5. The van der Waals surface area contributed by atoms with Crippen molar-refractivity contribution in [2.45, 2.75) is 38.6 Å². The zero-order chi connectivity index (χ0) is 22.9. The summed E-state index contributed by atoms with van der Waals surface area (Å²) in [7, 11) is 3.08. The highest BCUT2D eigenvalue weighted by Gasteiger charge is 2.28. The average molecular weight is 441 g/mol. The molecule has 3 rings (SSSR count). The van der Waals surface area contributed by atoms with Gasteiger partial charge in [0.15, 0.2) is 0 Å². The Morgan fingerprint density at radius 1 is 0.969 bits per heavy atom. The number of likely N-dealkylation sites (tertiary alicyclic amines) is 1. The number of ether oxygens (including phenoxy) is 3. The Balaban J connectivity index is 1.42. The summed E-state index contributed by atoms with van der Waals surface area (Å²) in [5.41, 5.74) is 1.53. The van der Waals surface area contributed by atoms with Crippen molar-refractivity contribution in [3.05, 3.63) is 53.6 Å². The van der Waals surface area contributed by atoms with Crippen LogP contribution in [0.3, 0.4) is 0 Å². The largest absolute Gasteiger partial charge is 0.496 e. The number of hydrogen-bond acceptors (Lipinski definition) is 5. The molecule has 0 aliphatic carbocycles. The molecule has 2 aromatic carbocycles. The lowest BCUT2D eigenvalue weighted by molar-refractivity contribution is -0.122. The van der Waals surface area contributed by atoms with Gasteiger partial charge in [0.25, 0.3) is 5.91 Å². The molecule has 1 heterocycles. The highest BCUT2D eigenvalue weighted by atomic mass is 16.5. The van der Waals surface area contributed by atoms with Gasteiger partial charge in [-0.3, -0.25) is 9.59 Å². The molecular weight excluding hydrogens is 408 g/mol. The summed E-state index contributed by atoms with van der Waals surface area (Å²) in [6.07, 6.45) is 2.51. The van der Waals surface area contributed by atoms with E-state index in [0.717, 1.165) is 11.3 Å². The number of aryl methyl sites for hydroxylation is 1. The monoisotopic (exact) mass is 440 g/mol. The molecule has 0 aromatic heterocycles. The van der Waals surface area contributed by atoms with Crippen LogP contribution in [-0.4, -0.2) is 56.7 Å². The summed E-state index contributed by atoms with van der Waals surface area (Å²) in [5.74, 6) is 1.76. The number of benzene rings is 2. The second kappa shape index (κ2) is 11.4. The lowest BCUT2D eigenvalue weighted by Crippen LogP contribution is -2.46. The Morgan fingerprint density at radius 3 is 2.22 bits per heavy atom. The van der Waals surface area contributed by atoms with Gasteiger partial charge in [-0.15, -0.1) is 0 Å². The van der Waals surface area contributed by atoms with Crippen LogP contribution < -0.4 is 19.5 Å². The minimum absolute atomic E-state index is 0.0227. The maximum Gasteiger partial charge on any atom is 0.261 e. The zero-order valence-electron chi connectivity index (χ0n) is 19.1. The first-order chi connectivity index (χ1) is 15.5. The number of hydrogen-bond donors (Lipinski definition) is 1. The maximum atomic E-state index is 13.1. The average Bonchev–Trinajstić information content (AvgIpc) is 2.82. The minimum atomic E-state index is -0.113. The molecule has 1 fully saturated rings.